The van der Waals surface area contributed by atoms with Crippen molar-refractivity contribution in [3.63, 3.8) is 0 Å². The highest BCUT2D eigenvalue weighted by molar-refractivity contribution is 4.96. The van der Waals surface area contributed by atoms with Crippen LogP contribution in [0.2, 0.25) is 0 Å². The van der Waals surface area contributed by atoms with Crippen molar-refractivity contribution in [2.75, 3.05) is 19.6 Å². The van der Waals surface area contributed by atoms with E-state index in [1.165, 1.54) is 64.6 Å². The Bertz CT molecular complexity index is 315. The molecule has 20 heavy (non-hydrogen) atoms. The maximum Gasteiger partial charge on any atom is 0.0249 e. The van der Waals surface area contributed by atoms with Gasteiger partial charge in [-0.15, -0.1) is 0 Å². The van der Waals surface area contributed by atoms with Crippen LogP contribution in [0.25, 0.3) is 0 Å². The molecule has 0 aromatic rings. The number of piperazine rings is 1. The van der Waals surface area contributed by atoms with Gasteiger partial charge in [0.1, 0.15) is 0 Å². The van der Waals surface area contributed by atoms with Crippen LogP contribution in [0, 0.1) is 11.8 Å². The fourth-order valence-corrected chi connectivity index (χ4v) is 4.88. The van der Waals surface area contributed by atoms with Gasteiger partial charge in [-0.2, -0.15) is 0 Å². The van der Waals surface area contributed by atoms with Crippen molar-refractivity contribution in [1.82, 2.24) is 9.80 Å². The molecule has 116 valence electrons. The zero-order chi connectivity index (χ0) is 14.1. The summed E-state index contributed by atoms with van der Waals surface area (Å²) in [5.74, 6) is 1.77. The molecule has 4 unspecified atom stereocenters. The van der Waals surface area contributed by atoms with Gasteiger partial charge < -0.3 is 0 Å². The monoisotopic (exact) mass is 278 g/mol. The molecule has 3 fully saturated rings. The molecule has 2 heterocycles. The van der Waals surface area contributed by atoms with Crippen LogP contribution >= 0.6 is 0 Å². The minimum Gasteiger partial charge on any atom is -0.298 e. The van der Waals surface area contributed by atoms with Gasteiger partial charge in [0.25, 0.3) is 0 Å². The van der Waals surface area contributed by atoms with Gasteiger partial charge in [0.05, 0.1) is 0 Å². The Morgan fingerprint density at radius 2 is 1.65 bits per heavy atom. The van der Waals surface area contributed by atoms with E-state index in [0.717, 1.165) is 30.0 Å². The van der Waals surface area contributed by atoms with Gasteiger partial charge in [0.2, 0.25) is 0 Å². The maximum atomic E-state index is 2.95. The molecule has 2 heteroatoms. The van der Waals surface area contributed by atoms with E-state index in [0.29, 0.717) is 0 Å². The number of nitrogens with zero attached hydrogens (tertiary/aromatic N) is 2. The highest BCUT2D eigenvalue weighted by Gasteiger charge is 2.40. The highest BCUT2D eigenvalue weighted by atomic mass is 15.3. The molecule has 0 spiro atoms. The third kappa shape index (κ3) is 3.06. The third-order valence-electron chi connectivity index (χ3n) is 6.23. The Morgan fingerprint density at radius 3 is 2.45 bits per heavy atom. The summed E-state index contributed by atoms with van der Waals surface area (Å²) >= 11 is 0. The Balaban J connectivity index is 1.70. The van der Waals surface area contributed by atoms with E-state index in [9.17, 15) is 0 Å². The second kappa shape index (κ2) is 6.36. The van der Waals surface area contributed by atoms with Crippen LogP contribution < -0.4 is 0 Å². The zero-order valence-electron chi connectivity index (χ0n) is 13.9. The predicted molar refractivity (Wildman–Crippen MR) is 86.0 cm³/mol. The first-order valence-electron chi connectivity index (χ1n) is 9.15. The van der Waals surface area contributed by atoms with Crippen molar-refractivity contribution in [1.29, 1.82) is 0 Å². The summed E-state index contributed by atoms with van der Waals surface area (Å²) in [6.45, 7) is 11.4. The van der Waals surface area contributed by atoms with E-state index < -0.39 is 0 Å². The first-order valence-corrected chi connectivity index (χ1v) is 9.15. The van der Waals surface area contributed by atoms with Gasteiger partial charge in [0, 0.05) is 31.2 Å². The van der Waals surface area contributed by atoms with Crippen molar-refractivity contribution in [2.24, 2.45) is 11.8 Å². The van der Waals surface area contributed by atoms with Crippen LogP contribution in [0.5, 0.6) is 0 Å². The molecule has 0 radical (unpaired) electrons. The number of fused-ring (bicyclic) bond motifs is 1. The normalized spacial score (nSPS) is 40.8. The standard InChI is InChI=1S/C18H34N2/c1-14(2)18-13-19-11-5-8-17(19)12-20(18)16-7-4-6-15(3)9-10-16/h14-18H,4-13H2,1-3H3. The fourth-order valence-electron chi connectivity index (χ4n) is 4.88. The van der Waals surface area contributed by atoms with Crippen LogP contribution in [0.15, 0.2) is 0 Å². The Hall–Kier alpha value is -0.0800. The minimum absolute atomic E-state index is 0.803. The first kappa shape index (κ1) is 14.8. The van der Waals surface area contributed by atoms with Crippen LogP contribution in [0.3, 0.4) is 0 Å². The molecule has 0 bridgehead atoms. The molecule has 2 saturated heterocycles. The van der Waals surface area contributed by atoms with Crippen molar-refractivity contribution < 1.29 is 0 Å². The molecule has 3 rings (SSSR count). The Morgan fingerprint density at radius 1 is 0.850 bits per heavy atom. The van der Waals surface area contributed by atoms with Crippen LogP contribution in [0.1, 0.15) is 65.7 Å². The molecule has 0 aromatic carbocycles. The lowest BCUT2D eigenvalue weighted by Crippen LogP contribution is -2.60. The largest absolute Gasteiger partial charge is 0.298 e. The average molecular weight is 278 g/mol. The van der Waals surface area contributed by atoms with Crippen LogP contribution in [0.4, 0.5) is 0 Å². The lowest BCUT2D eigenvalue weighted by molar-refractivity contribution is -0.00430. The molecule has 0 N–H and O–H groups in total. The lowest BCUT2D eigenvalue weighted by Gasteiger charge is -2.49. The third-order valence-corrected chi connectivity index (χ3v) is 6.23. The zero-order valence-corrected chi connectivity index (χ0v) is 13.9. The molecule has 4 atom stereocenters. The Kier molecular flexibility index (Phi) is 4.72. The molecular weight excluding hydrogens is 244 g/mol. The second-order valence-electron chi connectivity index (χ2n) is 8.07. The number of hydrogen-bond donors (Lipinski definition) is 0. The van der Waals surface area contributed by atoms with E-state index in [4.69, 9.17) is 0 Å². The summed E-state index contributed by atoms with van der Waals surface area (Å²) in [6.07, 6.45) is 10.2. The second-order valence-corrected chi connectivity index (χ2v) is 8.07. The average Bonchev–Trinajstić information content (AvgIpc) is 2.77. The van der Waals surface area contributed by atoms with E-state index >= 15 is 0 Å². The molecule has 3 aliphatic rings. The smallest absolute Gasteiger partial charge is 0.0249 e. The van der Waals surface area contributed by atoms with Gasteiger partial charge >= 0.3 is 0 Å². The van der Waals surface area contributed by atoms with Gasteiger partial charge in [-0.05, 0) is 50.5 Å². The van der Waals surface area contributed by atoms with Crippen molar-refractivity contribution >= 4 is 0 Å². The fraction of sp³-hybridized carbons (Fsp3) is 1.00. The molecule has 0 amide bonds. The van der Waals surface area contributed by atoms with E-state index in [1.54, 1.807) is 0 Å². The topological polar surface area (TPSA) is 6.48 Å². The van der Waals surface area contributed by atoms with Crippen molar-refractivity contribution in [2.45, 2.75) is 83.8 Å². The van der Waals surface area contributed by atoms with E-state index in [1.807, 2.05) is 0 Å². The quantitative estimate of drug-likeness (QED) is 0.710. The number of rotatable bonds is 2. The van der Waals surface area contributed by atoms with Crippen LogP contribution in [-0.4, -0.2) is 47.6 Å². The SMILES string of the molecule is CC1CCCC(N2CC3CCCN3CC2C(C)C)CC1. The summed E-state index contributed by atoms with van der Waals surface area (Å²) in [5.41, 5.74) is 0. The van der Waals surface area contributed by atoms with Crippen molar-refractivity contribution in [3.8, 4) is 0 Å². The molecule has 2 aliphatic heterocycles. The lowest BCUT2D eigenvalue weighted by atomic mass is 9.93. The van der Waals surface area contributed by atoms with Crippen molar-refractivity contribution in [3.05, 3.63) is 0 Å². The molecule has 2 nitrogen and oxygen atoms in total. The van der Waals surface area contributed by atoms with E-state index in [2.05, 4.69) is 30.6 Å². The first-order chi connectivity index (χ1) is 9.65. The molecule has 0 aromatic heterocycles. The van der Waals surface area contributed by atoms with Gasteiger partial charge in [-0.25, -0.2) is 0 Å². The highest BCUT2D eigenvalue weighted by Crippen LogP contribution is 2.33. The Labute approximate surface area is 125 Å². The summed E-state index contributed by atoms with van der Waals surface area (Å²) < 4.78 is 0. The summed E-state index contributed by atoms with van der Waals surface area (Å²) in [6, 6.07) is 2.57. The van der Waals surface area contributed by atoms with Gasteiger partial charge in [-0.1, -0.05) is 33.6 Å². The summed E-state index contributed by atoms with van der Waals surface area (Å²) in [5, 5.41) is 0. The number of hydrogen-bond acceptors (Lipinski definition) is 2. The maximum absolute atomic E-state index is 2.95. The van der Waals surface area contributed by atoms with Gasteiger partial charge in [0.15, 0.2) is 0 Å². The van der Waals surface area contributed by atoms with E-state index in [-0.39, 0.29) is 0 Å². The predicted octanol–water partition coefficient (Wildman–Crippen LogP) is 3.76. The molecule has 1 aliphatic carbocycles. The molecule has 1 saturated carbocycles. The molecular formula is C18H34N2. The summed E-state index contributed by atoms with van der Waals surface area (Å²) in [7, 11) is 0. The summed E-state index contributed by atoms with van der Waals surface area (Å²) in [4.78, 5) is 5.75. The minimum atomic E-state index is 0.803. The van der Waals surface area contributed by atoms with Gasteiger partial charge in [-0.3, -0.25) is 9.80 Å². The van der Waals surface area contributed by atoms with Crippen LogP contribution in [-0.2, 0) is 0 Å².